The van der Waals surface area contributed by atoms with Crippen molar-refractivity contribution in [2.75, 3.05) is 26.4 Å². The Balaban J connectivity index is 2.35. The second-order valence-corrected chi connectivity index (χ2v) is 6.21. The molecular weight excluding hydrogens is 240 g/mol. The van der Waals surface area contributed by atoms with Crippen LogP contribution in [0.4, 0.5) is 0 Å². The van der Waals surface area contributed by atoms with E-state index in [0.29, 0.717) is 13.1 Å². The molecule has 0 aliphatic carbocycles. The second-order valence-electron chi connectivity index (χ2n) is 3.90. The summed E-state index contributed by atoms with van der Waals surface area (Å²) in [5.41, 5.74) is 0. The molecule has 0 aliphatic heterocycles. The van der Waals surface area contributed by atoms with Gasteiger partial charge < -0.3 is 9.88 Å². The molecule has 0 radical (unpaired) electrons. The van der Waals surface area contributed by atoms with Crippen LogP contribution < -0.4 is 5.32 Å². The number of hydrogen-bond donors (Lipinski definition) is 1. The lowest BCUT2D eigenvalue weighted by Gasteiger charge is -2.11. The predicted molar refractivity (Wildman–Crippen MR) is 67.1 cm³/mol. The van der Waals surface area contributed by atoms with Crippen LogP contribution in [0.25, 0.3) is 0 Å². The molecule has 0 atom stereocenters. The summed E-state index contributed by atoms with van der Waals surface area (Å²) < 4.78 is 26.2. The Morgan fingerprint density at radius 1 is 1.47 bits per heavy atom. The molecule has 0 unspecified atom stereocenters. The number of rotatable bonds is 7. The summed E-state index contributed by atoms with van der Waals surface area (Å²) in [6.45, 7) is 3.93. The number of sulfonamides is 1. The molecule has 0 saturated heterocycles. The van der Waals surface area contributed by atoms with Crippen LogP contribution in [0, 0.1) is 0 Å². The van der Waals surface area contributed by atoms with E-state index in [9.17, 15) is 8.42 Å². The fraction of sp³-hybridized carbons (Fsp3) is 0.700. The molecule has 0 spiro atoms. The van der Waals surface area contributed by atoms with Crippen LogP contribution in [-0.2, 0) is 23.1 Å². The minimum Gasteiger partial charge on any atom is -0.334 e. The van der Waals surface area contributed by atoms with E-state index in [1.54, 1.807) is 20.3 Å². The summed E-state index contributed by atoms with van der Waals surface area (Å²) in [7, 11) is -0.0297. The summed E-state index contributed by atoms with van der Waals surface area (Å²) >= 11 is 0. The normalized spacial score (nSPS) is 12.2. The van der Waals surface area contributed by atoms with Crippen molar-refractivity contribution in [3.8, 4) is 0 Å². The lowest BCUT2D eigenvalue weighted by atomic mass is 10.5. The van der Waals surface area contributed by atoms with Crippen LogP contribution in [0.15, 0.2) is 12.4 Å². The number of aromatic nitrogens is 2. The number of aryl methyl sites for hydroxylation is 1. The van der Waals surface area contributed by atoms with Gasteiger partial charge in [-0.25, -0.2) is 17.7 Å². The van der Waals surface area contributed by atoms with Crippen LogP contribution in [0.1, 0.15) is 12.7 Å². The molecule has 0 amide bonds. The first-order valence-electron chi connectivity index (χ1n) is 5.58. The first-order valence-corrected chi connectivity index (χ1v) is 7.19. The monoisotopic (exact) mass is 260 g/mol. The van der Waals surface area contributed by atoms with Gasteiger partial charge in [-0.05, 0) is 6.92 Å². The zero-order chi connectivity index (χ0) is 12.9. The van der Waals surface area contributed by atoms with Gasteiger partial charge in [0.25, 0.3) is 0 Å². The molecule has 7 heteroatoms. The molecule has 0 aromatic carbocycles. The number of nitrogens with one attached hydrogen (secondary N) is 1. The molecule has 6 nitrogen and oxygen atoms in total. The van der Waals surface area contributed by atoms with Gasteiger partial charge in [-0.15, -0.1) is 0 Å². The van der Waals surface area contributed by atoms with Crippen molar-refractivity contribution >= 4 is 10.0 Å². The Labute approximate surface area is 103 Å². The van der Waals surface area contributed by atoms with E-state index in [-0.39, 0.29) is 5.75 Å². The lowest BCUT2D eigenvalue weighted by Crippen LogP contribution is -2.31. The predicted octanol–water partition coefficient (Wildman–Crippen LogP) is -0.116. The first-order chi connectivity index (χ1) is 7.97. The van der Waals surface area contributed by atoms with E-state index < -0.39 is 10.0 Å². The van der Waals surface area contributed by atoms with Gasteiger partial charge >= 0.3 is 0 Å². The molecule has 98 valence electrons. The van der Waals surface area contributed by atoms with Crippen molar-refractivity contribution in [3.05, 3.63) is 18.2 Å². The third-order valence-electron chi connectivity index (χ3n) is 2.52. The molecule has 0 bridgehead atoms. The zero-order valence-electron chi connectivity index (χ0n) is 10.5. The average Bonchev–Trinajstić information content (AvgIpc) is 2.71. The first kappa shape index (κ1) is 14.1. The van der Waals surface area contributed by atoms with E-state index >= 15 is 0 Å². The highest BCUT2D eigenvalue weighted by molar-refractivity contribution is 7.89. The summed E-state index contributed by atoms with van der Waals surface area (Å²) in [6.07, 6.45) is 3.66. The van der Waals surface area contributed by atoms with Gasteiger partial charge in [-0.3, -0.25) is 0 Å². The maximum atomic E-state index is 11.5. The fourth-order valence-corrected chi connectivity index (χ4v) is 2.15. The topological polar surface area (TPSA) is 67.2 Å². The zero-order valence-corrected chi connectivity index (χ0v) is 11.4. The van der Waals surface area contributed by atoms with E-state index in [1.807, 2.05) is 17.7 Å². The summed E-state index contributed by atoms with van der Waals surface area (Å²) in [5, 5.41) is 3.08. The number of imidazole rings is 1. The SMILES string of the molecule is CCn1ccnc1CNCCS(=O)(=O)N(C)C. The Morgan fingerprint density at radius 2 is 2.18 bits per heavy atom. The Hall–Kier alpha value is -0.920. The van der Waals surface area contributed by atoms with Crippen LogP contribution in [-0.4, -0.2) is 48.7 Å². The minimum absolute atomic E-state index is 0.104. The van der Waals surface area contributed by atoms with Crippen LogP contribution in [0.2, 0.25) is 0 Å². The smallest absolute Gasteiger partial charge is 0.214 e. The van der Waals surface area contributed by atoms with Crippen molar-refractivity contribution in [2.24, 2.45) is 0 Å². The standard InChI is InChI=1S/C10H20N4O2S/c1-4-14-7-5-12-10(14)9-11-6-8-17(15,16)13(2)3/h5,7,11H,4,6,8-9H2,1-3H3. The van der Waals surface area contributed by atoms with Gasteiger partial charge in [0, 0.05) is 39.6 Å². The molecule has 0 aliphatic rings. The van der Waals surface area contributed by atoms with Gasteiger partial charge in [0.15, 0.2) is 0 Å². The van der Waals surface area contributed by atoms with E-state index in [2.05, 4.69) is 10.3 Å². The molecule has 1 aromatic rings. The minimum atomic E-state index is -3.11. The third-order valence-corrected chi connectivity index (χ3v) is 4.35. The van der Waals surface area contributed by atoms with Gasteiger partial charge in [0.05, 0.1) is 12.3 Å². The Kier molecular flexibility index (Phi) is 5.10. The van der Waals surface area contributed by atoms with E-state index in [4.69, 9.17) is 0 Å². The molecule has 1 heterocycles. The maximum Gasteiger partial charge on any atom is 0.214 e. The second kappa shape index (κ2) is 6.13. The van der Waals surface area contributed by atoms with Gasteiger partial charge in [0.2, 0.25) is 10.0 Å². The van der Waals surface area contributed by atoms with Crippen LogP contribution in [0.5, 0.6) is 0 Å². The van der Waals surface area contributed by atoms with Gasteiger partial charge in [0.1, 0.15) is 5.82 Å². The van der Waals surface area contributed by atoms with Crippen molar-refractivity contribution in [3.63, 3.8) is 0 Å². The molecule has 1 N–H and O–H groups in total. The lowest BCUT2D eigenvalue weighted by molar-refractivity contribution is 0.516. The maximum absolute atomic E-state index is 11.5. The summed E-state index contributed by atoms with van der Waals surface area (Å²) in [6, 6.07) is 0. The highest BCUT2D eigenvalue weighted by Gasteiger charge is 2.12. The Bertz CT molecular complexity index is 439. The average molecular weight is 260 g/mol. The molecule has 0 fully saturated rings. The molecule has 1 aromatic heterocycles. The van der Waals surface area contributed by atoms with Crippen molar-refractivity contribution in [1.82, 2.24) is 19.2 Å². The molecular formula is C10H20N4O2S. The molecule has 0 saturated carbocycles. The highest BCUT2D eigenvalue weighted by atomic mass is 32.2. The molecule has 17 heavy (non-hydrogen) atoms. The summed E-state index contributed by atoms with van der Waals surface area (Å²) in [4.78, 5) is 4.20. The highest BCUT2D eigenvalue weighted by Crippen LogP contribution is 1.97. The van der Waals surface area contributed by atoms with Crippen molar-refractivity contribution in [2.45, 2.75) is 20.0 Å². The quantitative estimate of drug-likeness (QED) is 0.694. The third kappa shape index (κ3) is 4.10. The van der Waals surface area contributed by atoms with Crippen LogP contribution in [0.3, 0.4) is 0 Å². The molecule has 1 rings (SSSR count). The Morgan fingerprint density at radius 3 is 2.76 bits per heavy atom. The van der Waals surface area contributed by atoms with Crippen LogP contribution >= 0.6 is 0 Å². The van der Waals surface area contributed by atoms with Gasteiger partial charge in [-0.2, -0.15) is 0 Å². The van der Waals surface area contributed by atoms with Crippen molar-refractivity contribution in [1.29, 1.82) is 0 Å². The largest absolute Gasteiger partial charge is 0.334 e. The fourth-order valence-electron chi connectivity index (χ4n) is 1.38. The number of nitrogens with zero attached hydrogens (tertiary/aromatic N) is 3. The summed E-state index contributed by atoms with van der Waals surface area (Å²) in [5.74, 6) is 1.03. The van der Waals surface area contributed by atoms with E-state index in [1.165, 1.54) is 4.31 Å². The number of hydrogen-bond acceptors (Lipinski definition) is 4. The van der Waals surface area contributed by atoms with Gasteiger partial charge in [-0.1, -0.05) is 0 Å². The van der Waals surface area contributed by atoms with Crippen molar-refractivity contribution < 1.29 is 8.42 Å². The van der Waals surface area contributed by atoms with E-state index in [0.717, 1.165) is 12.4 Å².